The zero-order valence-corrected chi connectivity index (χ0v) is 11.1. The van der Waals surface area contributed by atoms with E-state index < -0.39 is 0 Å². The van der Waals surface area contributed by atoms with Crippen LogP contribution in [0.15, 0.2) is 22.5 Å². The minimum Gasteiger partial charge on any atom is -0.306 e. The molecular formula is C12H15NOS2. The summed E-state index contributed by atoms with van der Waals surface area (Å²) in [4.78, 5) is 15.1. The van der Waals surface area contributed by atoms with Crippen molar-refractivity contribution >= 4 is 35.1 Å². The molecule has 0 N–H and O–H groups in total. The highest BCUT2D eigenvalue weighted by Crippen LogP contribution is 2.31. The molecule has 16 heavy (non-hydrogen) atoms. The number of rotatable bonds is 2. The Morgan fingerprint density at radius 1 is 1.56 bits per heavy atom. The van der Waals surface area contributed by atoms with Gasteiger partial charge in [0.2, 0.25) is 5.91 Å². The number of carbonyl (C=O) groups excluding carboxylic acids is 1. The zero-order valence-electron chi connectivity index (χ0n) is 9.47. The summed E-state index contributed by atoms with van der Waals surface area (Å²) < 4.78 is 0. The third-order valence-electron chi connectivity index (χ3n) is 2.40. The first-order valence-corrected chi connectivity index (χ1v) is 7.24. The summed E-state index contributed by atoms with van der Waals surface area (Å²) in [6.07, 6.45) is 2.11. The van der Waals surface area contributed by atoms with Crippen LogP contribution < -0.4 is 0 Å². The van der Waals surface area contributed by atoms with Gasteiger partial charge in [-0.25, -0.2) is 0 Å². The first-order chi connectivity index (χ1) is 7.68. The lowest BCUT2D eigenvalue weighted by atomic mass is 10.2. The summed E-state index contributed by atoms with van der Waals surface area (Å²) in [5, 5.41) is 3.15. The molecule has 0 aliphatic carbocycles. The van der Waals surface area contributed by atoms with Crippen molar-refractivity contribution in [2.45, 2.75) is 13.8 Å². The van der Waals surface area contributed by atoms with Crippen molar-refractivity contribution in [3.8, 4) is 0 Å². The third-order valence-corrected chi connectivity index (χ3v) is 4.24. The number of amides is 1. The van der Waals surface area contributed by atoms with Gasteiger partial charge in [-0.2, -0.15) is 0 Å². The summed E-state index contributed by atoms with van der Waals surface area (Å²) in [5.74, 6) is 1.31. The fourth-order valence-electron chi connectivity index (χ4n) is 1.57. The molecule has 1 amide bonds. The highest BCUT2D eigenvalue weighted by molar-refractivity contribution is 8.03. The van der Waals surface area contributed by atoms with E-state index in [2.05, 4.69) is 17.5 Å². The number of thioether (sulfide) groups is 1. The Morgan fingerprint density at radius 2 is 2.38 bits per heavy atom. The molecule has 86 valence electrons. The molecule has 0 aromatic carbocycles. The van der Waals surface area contributed by atoms with Crippen LogP contribution in [0.1, 0.15) is 18.7 Å². The molecule has 0 atom stereocenters. The molecule has 0 spiro atoms. The summed E-state index contributed by atoms with van der Waals surface area (Å²) in [6.45, 7) is 4.75. The van der Waals surface area contributed by atoms with Crippen molar-refractivity contribution in [3.05, 3.63) is 27.4 Å². The predicted octanol–water partition coefficient (Wildman–Crippen LogP) is 3.28. The van der Waals surface area contributed by atoms with Crippen LogP contribution >= 0.6 is 23.1 Å². The molecule has 1 aromatic heterocycles. The fraction of sp³-hybridized carbons (Fsp3) is 0.417. The Balaban J connectivity index is 2.18. The van der Waals surface area contributed by atoms with E-state index in [0.29, 0.717) is 0 Å². The van der Waals surface area contributed by atoms with Crippen LogP contribution in [-0.4, -0.2) is 23.1 Å². The van der Waals surface area contributed by atoms with Gasteiger partial charge in [0.1, 0.15) is 0 Å². The van der Waals surface area contributed by atoms with Crippen molar-refractivity contribution in [1.82, 2.24) is 4.90 Å². The normalized spacial score (nSPS) is 18.7. The molecule has 0 bridgehead atoms. The minimum absolute atomic E-state index is 0.0745. The molecule has 0 saturated carbocycles. The van der Waals surface area contributed by atoms with Crippen LogP contribution in [0.5, 0.6) is 0 Å². The van der Waals surface area contributed by atoms with Gasteiger partial charge in [0.15, 0.2) is 0 Å². The molecule has 0 radical (unpaired) electrons. The van der Waals surface area contributed by atoms with E-state index in [9.17, 15) is 4.79 Å². The van der Waals surface area contributed by atoms with E-state index in [1.807, 2.05) is 24.8 Å². The first-order valence-electron chi connectivity index (χ1n) is 5.38. The smallest absolute Gasteiger partial charge is 0.229 e. The molecule has 2 nitrogen and oxygen atoms in total. The molecule has 2 heterocycles. The molecule has 1 aromatic rings. The molecule has 4 heteroatoms. The minimum atomic E-state index is 0.0745. The summed E-state index contributed by atoms with van der Waals surface area (Å²) in [5.41, 5.74) is 0. The van der Waals surface area contributed by atoms with Crippen LogP contribution in [0, 0.1) is 5.92 Å². The molecule has 1 fully saturated rings. The fourth-order valence-corrected chi connectivity index (χ4v) is 3.33. The number of nitrogens with zero attached hydrogens (tertiary/aromatic N) is 1. The van der Waals surface area contributed by atoms with Gasteiger partial charge in [0, 0.05) is 23.1 Å². The molecular weight excluding hydrogens is 238 g/mol. The lowest BCUT2D eigenvalue weighted by Gasteiger charge is -2.18. The summed E-state index contributed by atoms with van der Waals surface area (Å²) in [7, 11) is 0. The van der Waals surface area contributed by atoms with Crippen molar-refractivity contribution in [2.24, 2.45) is 5.92 Å². The number of hydrogen-bond acceptors (Lipinski definition) is 3. The Labute approximate surface area is 104 Å². The van der Waals surface area contributed by atoms with Crippen molar-refractivity contribution in [3.63, 3.8) is 0 Å². The van der Waals surface area contributed by atoms with Gasteiger partial charge < -0.3 is 4.90 Å². The maximum absolute atomic E-state index is 12.0. The van der Waals surface area contributed by atoms with Gasteiger partial charge in [0.25, 0.3) is 0 Å². The summed E-state index contributed by atoms with van der Waals surface area (Å²) >= 11 is 3.47. The van der Waals surface area contributed by atoms with E-state index in [0.717, 1.165) is 17.3 Å². The molecule has 2 rings (SSSR count). The number of thiophene rings is 1. The monoisotopic (exact) mass is 253 g/mol. The van der Waals surface area contributed by atoms with Crippen LogP contribution in [0.25, 0.3) is 6.08 Å². The largest absolute Gasteiger partial charge is 0.306 e. The highest BCUT2D eigenvalue weighted by Gasteiger charge is 2.25. The third kappa shape index (κ3) is 2.50. The second-order valence-corrected chi connectivity index (χ2v) is 6.09. The lowest BCUT2D eigenvalue weighted by molar-refractivity contribution is -0.131. The van der Waals surface area contributed by atoms with Crippen LogP contribution in [-0.2, 0) is 4.79 Å². The maximum atomic E-state index is 12.0. The van der Waals surface area contributed by atoms with Crippen molar-refractivity contribution < 1.29 is 4.79 Å². The van der Waals surface area contributed by atoms with E-state index in [-0.39, 0.29) is 11.8 Å². The average Bonchev–Trinajstić information content (AvgIpc) is 2.88. The summed E-state index contributed by atoms with van der Waals surface area (Å²) in [6, 6.07) is 4.11. The molecule has 1 aliphatic rings. The lowest BCUT2D eigenvalue weighted by Crippen LogP contribution is -2.30. The van der Waals surface area contributed by atoms with Crippen molar-refractivity contribution in [1.29, 1.82) is 0 Å². The predicted molar refractivity (Wildman–Crippen MR) is 71.3 cm³/mol. The Morgan fingerprint density at radius 3 is 3.00 bits per heavy atom. The SMILES string of the molecule is CC(C)C(=O)N1CCS/C1=C/c1cccs1. The van der Waals surface area contributed by atoms with E-state index in [4.69, 9.17) is 0 Å². The van der Waals surface area contributed by atoms with Crippen LogP contribution in [0.3, 0.4) is 0 Å². The number of carbonyl (C=O) groups is 1. The van der Waals surface area contributed by atoms with Crippen LogP contribution in [0.4, 0.5) is 0 Å². The second-order valence-electron chi connectivity index (χ2n) is 3.99. The molecule has 1 saturated heterocycles. The zero-order chi connectivity index (χ0) is 11.5. The second kappa shape index (κ2) is 5.06. The van der Waals surface area contributed by atoms with E-state index >= 15 is 0 Å². The molecule has 0 unspecified atom stereocenters. The van der Waals surface area contributed by atoms with Gasteiger partial charge >= 0.3 is 0 Å². The van der Waals surface area contributed by atoms with Gasteiger partial charge in [-0.1, -0.05) is 19.9 Å². The van der Waals surface area contributed by atoms with Gasteiger partial charge in [-0.15, -0.1) is 23.1 Å². The van der Waals surface area contributed by atoms with Gasteiger partial charge in [-0.3, -0.25) is 4.79 Å². The van der Waals surface area contributed by atoms with Crippen molar-refractivity contribution in [2.75, 3.05) is 12.3 Å². The van der Waals surface area contributed by atoms with Crippen LogP contribution in [0.2, 0.25) is 0 Å². The van der Waals surface area contributed by atoms with E-state index in [1.165, 1.54) is 4.88 Å². The van der Waals surface area contributed by atoms with Gasteiger partial charge in [0.05, 0.1) is 5.03 Å². The maximum Gasteiger partial charge on any atom is 0.229 e. The topological polar surface area (TPSA) is 20.3 Å². The Hall–Kier alpha value is -0.740. The first kappa shape index (κ1) is 11.7. The standard InChI is InChI=1S/C12H15NOS2/c1-9(2)12(14)13-5-7-16-11(13)8-10-4-3-6-15-10/h3-4,6,8-9H,5,7H2,1-2H3/b11-8+. The Kier molecular flexibility index (Phi) is 3.71. The average molecular weight is 253 g/mol. The van der Waals surface area contributed by atoms with Gasteiger partial charge in [-0.05, 0) is 17.5 Å². The van der Waals surface area contributed by atoms with E-state index in [1.54, 1.807) is 23.1 Å². The molecule has 1 aliphatic heterocycles. The highest BCUT2D eigenvalue weighted by atomic mass is 32.2. The number of hydrogen-bond donors (Lipinski definition) is 0. The Bertz CT molecular complexity index is 395. The quantitative estimate of drug-likeness (QED) is 0.806.